The second kappa shape index (κ2) is 6.91. The number of fused-ring (bicyclic) bond motifs is 1. The second-order valence-electron chi connectivity index (χ2n) is 4.79. The summed E-state index contributed by atoms with van der Waals surface area (Å²) in [6, 6.07) is 13.6. The topological polar surface area (TPSA) is 61.4 Å². The summed E-state index contributed by atoms with van der Waals surface area (Å²) in [7, 11) is 0. The van der Waals surface area contributed by atoms with Gasteiger partial charge in [0.05, 0.1) is 6.10 Å². The number of rotatable bonds is 5. The third-order valence-corrected chi connectivity index (χ3v) is 3.24. The smallest absolute Gasteiger partial charge is 0.319 e. The number of hydrogen-bond donors (Lipinski definition) is 3. The maximum Gasteiger partial charge on any atom is 0.319 e. The zero-order chi connectivity index (χ0) is 14.4. The molecular formula is C16H20N2O2. The summed E-state index contributed by atoms with van der Waals surface area (Å²) in [5.74, 6) is 0. The molecule has 4 heteroatoms. The molecule has 0 fully saturated rings. The Labute approximate surface area is 118 Å². The van der Waals surface area contributed by atoms with E-state index in [-0.39, 0.29) is 12.1 Å². The van der Waals surface area contributed by atoms with Crippen molar-refractivity contribution in [3.63, 3.8) is 0 Å². The van der Waals surface area contributed by atoms with Crippen LogP contribution in [0.3, 0.4) is 0 Å². The number of aliphatic hydroxyl groups is 1. The van der Waals surface area contributed by atoms with Crippen LogP contribution in [0.5, 0.6) is 0 Å². The maximum atomic E-state index is 11.7. The molecule has 1 atom stereocenters. The molecule has 0 heterocycles. The van der Waals surface area contributed by atoms with Crippen LogP contribution in [-0.2, 0) is 0 Å². The largest absolute Gasteiger partial charge is 0.393 e. The monoisotopic (exact) mass is 272 g/mol. The number of nitrogens with one attached hydrogen (secondary N) is 2. The first-order valence-corrected chi connectivity index (χ1v) is 6.90. The minimum atomic E-state index is -0.351. The highest BCUT2D eigenvalue weighted by molar-refractivity contribution is 5.93. The summed E-state index contributed by atoms with van der Waals surface area (Å²) in [4.78, 5) is 11.7. The second-order valence-corrected chi connectivity index (χ2v) is 4.79. The Hall–Kier alpha value is -2.07. The van der Waals surface area contributed by atoms with Gasteiger partial charge >= 0.3 is 6.03 Å². The summed E-state index contributed by atoms with van der Waals surface area (Å²) in [5, 5.41) is 17.2. The molecule has 2 amide bonds. The van der Waals surface area contributed by atoms with Gasteiger partial charge in [-0.25, -0.2) is 4.79 Å². The van der Waals surface area contributed by atoms with Gasteiger partial charge in [-0.05, 0) is 35.7 Å². The minimum Gasteiger partial charge on any atom is -0.393 e. The summed E-state index contributed by atoms with van der Waals surface area (Å²) in [6.45, 7) is 2.38. The van der Waals surface area contributed by atoms with E-state index in [2.05, 4.69) is 10.6 Å². The van der Waals surface area contributed by atoms with E-state index in [1.165, 1.54) is 0 Å². The van der Waals surface area contributed by atoms with Gasteiger partial charge in [0.25, 0.3) is 0 Å². The summed E-state index contributed by atoms with van der Waals surface area (Å²) < 4.78 is 0. The van der Waals surface area contributed by atoms with E-state index in [4.69, 9.17) is 0 Å². The van der Waals surface area contributed by atoms with Gasteiger partial charge in [-0.2, -0.15) is 0 Å². The first-order chi connectivity index (χ1) is 9.69. The summed E-state index contributed by atoms with van der Waals surface area (Å²) in [5.41, 5.74) is 0.761. The van der Waals surface area contributed by atoms with Crippen LogP contribution in [0.25, 0.3) is 10.8 Å². The van der Waals surface area contributed by atoms with Crippen LogP contribution in [0, 0.1) is 0 Å². The van der Waals surface area contributed by atoms with Gasteiger partial charge in [-0.15, -0.1) is 0 Å². The summed E-state index contributed by atoms with van der Waals surface area (Å²) in [6.07, 6.45) is 0.922. The molecule has 0 aliphatic heterocycles. The van der Waals surface area contributed by atoms with Gasteiger partial charge in [0.1, 0.15) is 0 Å². The van der Waals surface area contributed by atoms with Gasteiger partial charge in [0, 0.05) is 12.2 Å². The van der Waals surface area contributed by atoms with E-state index >= 15 is 0 Å². The van der Waals surface area contributed by atoms with Crippen LogP contribution in [0.15, 0.2) is 42.5 Å². The van der Waals surface area contributed by atoms with Crippen molar-refractivity contribution >= 4 is 22.5 Å². The zero-order valence-corrected chi connectivity index (χ0v) is 11.6. The number of hydrogen-bond acceptors (Lipinski definition) is 2. The fourth-order valence-electron chi connectivity index (χ4n) is 2.00. The van der Waals surface area contributed by atoms with Crippen molar-refractivity contribution in [2.45, 2.75) is 25.9 Å². The Bertz CT molecular complexity index is 583. The molecule has 0 saturated carbocycles. The zero-order valence-electron chi connectivity index (χ0n) is 11.6. The quantitative estimate of drug-likeness (QED) is 0.783. The molecule has 0 aliphatic carbocycles. The van der Waals surface area contributed by atoms with Gasteiger partial charge in [0.15, 0.2) is 0 Å². The number of benzene rings is 2. The predicted molar refractivity (Wildman–Crippen MR) is 81.9 cm³/mol. The van der Waals surface area contributed by atoms with Crippen molar-refractivity contribution in [3.05, 3.63) is 42.5 Å². The molecule has 0 spiro atoms. The van der Waals surface area contributed by atoms with Crippen LogP contribution < -0.4 is 10.6 Å². The molecule has 0 aliphatic rings. The Morgan fingerprint density at radius 2 is 1.95 bits per heavy atom. The molecule has 3 N–H and O–H groups in total. The van der Waals surface area contributed by atoms with Crippen LogP contribution in [0.4, 0.5) is 10.5 Å². The van der Waals surface area contributed by atoms with Crippen molar-refractivity contribution in [3.8, 4) is 0 Å². The van der Waals surface area contributed by atoms with E-state index in [0.29, 0.717) is 19.4 Å². The normalized spacial score (nSPS) is 12.1. The Kier molecular flexibility index (Phi) is 4.96. The number of urea groups is 1. The fourth-order valence-corrected chi connectivity index (χ4v) is 2.00. The average molecular weight is 272 g/mol. The van der Waals surface area contributed by atoms with E-state index in [1.807, 2.05) is 49.4 Å². The highest BCUT2D eigenvalue weighted by Gasteiger charge is 2.04. The Morgan fingerprint density at radius 1 is 1.20 bits per heavy atom. The first-order valence-electron chi connectivity index (χ1n) is 6.90. The lowest BCUT2D eigenvalue weighted by Gasteiger charge is -2.10. The van der Waals surface area contributed by atoms with E-state index in [1.54, 1.807) is 0 Å². The molecule has 0 aromatic heterocycles. The predicted octanol–water partition coefficient (Wildman–Crippen LogP) is 3.12. The highest BCUT2D eigenvalue weighted by Crippen LogP contribution is 2.18. The molecule has 20 heavy (non-hydrogen) atoms. The number of aliphatic hydroxyl groups excluding tert-OH is 1. The van der Waals surface area contributed by atoms with Crippen molar-refractivity contribution in [2.75, 3.05) is 11.9 Å². The van der Waals surface area contributed by atoms with Crippen LogP contribution in [0.2, 0.25) is 0 Å². The van der Waals surface area contributed by atoms with E-state index in [9.17, 15) is 9.90 Å². The average Bonchev–Trinajstić information content (AvgIpc) is 2.47. The molecule has 2 aromatic rings. The number of carbonyl (C=O) groups is 1. The van der Waals surface area contributed by atoms with Crippen LogP contribution >= 0.6 is 0 Å². The SMILES string of the molecule is CCC(O)CCNC(=O)Nc1ccc2ccccc2c1. The lowest BCUT2D eigenvalue weighted by molar-refractivity contribution is 0.160. The first kappa shape index (κ1) is 14.3. The van der Waals surface area contributed by atoms with E-state index < -0.39 is 0 Å². The molecule has 2 aromatic carbocycles. The number of amides is 2. The highest BCUT2D eigenvalue weighted by atomic mass is 16.3. The van der Waals surface area contributed by atoms with Crippen molar-refractivity contribution < 1.29 is 9.90 Å². The lowest BCUT2D eigenvalue weighted by Crippen LogP contribution is -2.31. The fraction of sp³-hybridized carbons (Fsp3) is 0.312. The molecule has 4 nitrogen and oxygen atoms in total. The Morgan fingerprint density at radius 3 is 2.70 bits per heavy atom. The summed E-state index contributed by atoms with van der Waals surface area (Å²) >= 11 is 0. The number of carbonyl (C=O) groups excluding carboxylic acids is 1. The van der Waals surface area contributed by atoms with Gasteiger partial charge in [-0.1, -0.05) is 37.3 Å². The van der Waals surface area contributed by atoms with Gasteiger partial charge in [0.2, 0.25) is 0 Å². The van der Waals surface area contributed by atoms with Crippen molar-refractivity contribution in [1.29, 1.82) is 0 Å². The third kappa shape index (κ3) is 3.96. The lowest BCUT2D eigenvalue weighted by atomic mass is 10.1. The standard InChI is InChI=1S/C16H20N2O2/c1-2-15(19)9-10-17-16(20)18-14-8-7-12-5-3-4-6-13(12)11-14/h3-8,11,15,19H,2,9-10H2,1H3,(H2,17,18,20). The molecule has 106 valence electrons. The van der Waals surface area contributed by atoms with Crippen LogP contribution in [-0.4, -0.2) is 23.8 Å². The van der Waals surface area contributed by atoms with Gasteiger partial charge in [-0.3, -0.25) is 0 Å². The maximum absolute atomic E-state index is 11.7. The number of anilines is 1. The van der Waals surface area contributed by atoms with Gasteiger partial charge < -0.3 is 15.7 Å². The molecule has 0 radical (unpaired) electrons. The van der Waals surface area contributed by atoms with E-state index in [0.717, 1.165) is 16.5 Å². The van der Waals surface area contributed by atoms with Crippen molar-refractivity contribution in [1.82, 2.24) is 5.32 Å². The van der Waals surface area contributed by atoms with Crippen molar-refractivity contribution in [2.24, 2.45) is 0 Å². The Balaban J connectivity index is 1.89. The molecule has 0 bridgehead atoms. The molecule has 1 unspecified atom stereocenters. The molecular weight excluding hydrogens is 252 g/mol. The molecule has 2 rings (SSSR count). The minimum absolute atomic E-state index is 0.247. The molecule has 0 saturated heterocycles. The third-order valence-electron chi connectivity index (χ3n) is 3.24. The van der Waals surface area contributed by atoms with Crippen LogP contribution in [0.1, 0.15) is 19.8 Å².